The highest BCUT2D eigenvalue weighted by molar-refractivity contribution is 9.10. The first kappa shape index (κ1) is 14.6. The molecule has 0 amide bonds. The second-order valence-corrected chi connectivity index (χ2v) is 5.79. The minimum Gasteiger partial charge on any atom is -0.306 e. The monoisotopic (exact) mass is 337 g/mol. The zero-order valence-electron chi connectivity index (χ0n) is 10.9. The molecule has 2 rings (SSSR count). The van der Waals surface area contributed by atoms with E-state index in [0.717, 1.165) is 28.0 Å². The number of halogens is 2. The number of hydrogen-bond acceptors (Lipinski definition) is 1. The molecule has 1 N–H and O–H groups in total. The Bertz CT molecular complexity index is 528. The molecule has 2 aromatic rings. The van der Waals surface area contributed by atoms with Gasteiger partial charge in [0.25, 0.3) is 0 Å². The van der Waals surface area contributed by atoms with Gasteiger partial charge in [-0.15, -0.1) is 0 Å². The second kappa shape index (κ2) is 7.09. The van der Waals surface area contributed by atoms with E-state index in [9.17, 15) is 0 Å². The van der Waals surface area contributed by atoms with Crippen molar-refractivity contribution in [3.05, 3.63) is 69.2 Å². The van der Waals surface area contributed by atoms with Crippen LogP contribution in [0.3, 0.4) is 0 Å². The van der Waals surface area contributed by atoms with E-state index in [4.69, 9.17) is 11.6 Å². The molecule has 1 atom stereocenters. The molecular weight excluding hydrogens is 322 g/mol. The molecule has 0 heterocycles. The van der Waals surface area contributed by atoms with E-state index in [1.165, 1.54) is 5.56 Å². The summed E-state index contributed by atoms with van der Waals surface area (Å²) in [6, 6.07) is 16.5. The van der Waals surface area contributed by atoms with Gasteiger partial charge in [-0.25, -0.2) is 0 Å². The fourth-order valence-electron chi connectivity index (χ4n) is 2.08. The van der Waals surface area contributed by atoms with Crippen LogP contribution >= 0.6 is 27.5 Å². The van der Waals surface area contributed by atoms with Gasteiger partial charge in [0, 0.05) is 9.50 Å². The van der Waals surface area contributed by atoms with Crippen molar-refractivity contribution >= 4 is 27.5 Å². The Hall–Kier alpha value is -0.830. The summed E-state index contributed by atoms with van der Waals surface area (Å²) in [5.41, 5.74) is 2.34. The lowest BCUT2D eigenvalue weighted by Crippen LogP contribution is -2.23. The Kier molecular flexibility index (Phi) is 5.44. The van der Waals surface area contributed by atoms with Crippen LogP contribution < -0.4 is 5.32 Å². The van der Waals surface area contributed by atoms with Gasteiger partial charge < -0.3 is 5.32 Å². The Morgan fingerprint density at radius 2 is 1.89 bits per heavy atom. The van der Waals surface area contributed by atoms with E-state index in [0.29, 0.717) is 0 Å². The van der Waals surface area contributed by atoms with Gasteiger partial charge in [0.05, 0.1) is 6.04 Å². The van der Waals surface area contributed by atoms with Crippen molar-refractivity contribution in [2.24, 2.45) is 0 Å². The molecule has 1 unspecified atom stereocenters. The lowest BCUT2D eigenvalue weighted by Gasteiger charge is -2.21. The van der Waals surface area contributed by atoms with Crippen molar-refractivity contribution in [3.63, 3.8) is 0 Å². The van der Waals surface area contributed by atoms with Crippen LogP contribution in [0.5, 0.6) is 0 Å². The van der Waals surface area contributed by atoms with Gasteiger partial charge >= 0.3 is 0 Å². The Morgan fingerprint density at radius 1 is 1.16 bits per heavy atom. The smallest absolute Gasteiger partial charge is 0.0591 e. The zero-order chi connectivity index (χ0) is 13.7. The quantitative estimate of drug-likeness (QED) is 0.791. The van der Waals surface area contributed by atoms with Crippen molar-refractivity contribution in [1.82, 2.24) is 5.32 Å². The molecule has 3 heteroatoms. The van der Waals surface area contributed by atoms with Crippen molar-refractivity contribution < 1.29 is 0 Å². The normalized spacial score (nSPS) is 12.4. The molecule has 2 aromatic carbocycles. The Balaban J connectivity index is 2.40. The predicted molar refractivity (Wildman–Crippen MR) is 85.7 cm³/mol. The molecule has 0 aliphatic heterocycles. The van der Waals surface area contributed by atoms with Gasteiger partial charge in [-0.3, -0.25) is 0 Å². The van der Waals surface area contributed by atoms with Crippen LogP contribution in [0.15, 0.2) is 53.0 Å². The van der Waals surface area contributed by atoms with Crippen LogP contribution in [0.1, 0.15) is 30.5 Å². The summed E-state index contributed by atoms with van der Waals surface area (Å²) in [6.07, 6.45) is 1.09. The summed E-state index contributed by atoms with van der Waals surface area (Å²) in [7, 11) is 0. The third-order valence-electron chi connectivity index (χ3n) is 3.00. The Morgan fingerprint density at radius 3 is 2.58 bits per heavy atom. The van der Waals surface area contributed by atoms with Crippen molar-refractivity contribution in [3.8, 4) is 0 Å². The standard InChI is InChI=1S/C16H17BrClN/c1-2-10-19-16(12-6-4-3-5-7-12)14-11-13(17)8-9-15(14)18/h3-9,11,16,19H,2,10H2,1H3. The average molecular weight is 339 g/mol. The molecule has 0 aromatic heterocycles. The molecule has 19 heavy (non-hydrogen) atoms. The largest absolute Gasteiger partial charge is 0.306 e. The first-order chi connectivity index (χ1) is 9.22. The van der Waals surface area contributed by atoms with E-state index in [1.807, 2.05) is 18.2 Å². The molecule has 0 radical (unpaired) electrons. The van der Waals surface area contributed by atoms with Gasteiger partial charge in [0.1, 0.15) is 0 Å². The van der Waals surface area contributed by atoms with Crippen LogP contribution in [0.2, 0.25) is 5.02 Å². The molecule has 0 aliphatic carbocycles. The first-order valence-electron chi connectivity index (χ1n) is 6.45. The van der Waals surface area contributed by atoms with Crippen LogP contribution in [-0.2, 0) is 0 Å². The number of nitrogens with one attached hydrogen (secondary N) is 1. The maximum Gasteiger partial charge on any atom is 0.0591 e. The molecule has 0 saturated carbocycles. The summed E-state index contributed by atoms with van der Waals surface area (Å²) in [6.45, 7) is 3.12. The van der Waals surface area contributed by atoms with E-state index in [2.05, 4.69) is 58.5 Å². The molecule has 0 bridgehead atoms. The van der Waals surface area contributed by atoms with E-state index < -0.39 is 0 Å². The summed E-state index contributed by atoms with van der Waals surface area (Å²) in [4.78, 5) is 0. The molecule has 100 valence electrons. The van der Waals surface area contributed by atoms with Crippen LogP contribution in [-0.4, -0.2) is 6.54 Å². The zero-order valence-corrected chi connectivity index (χ0v) is 13.2. The van der Waals surface area contributed by atoms with Crippen LogP contribution in [0.4, 0.5) is 0 Å². The average Bonchev–Trinajstić information content (AvgIpc) is 2.44. The molecule has 1 nitrogen and oxygen atoms in total. The molecular formula is C16H17BrClN. The van der Waals surface area contributed by atoms with Crippen LogP contribution in [0.25, 0.3) is 0 Å². The summed E-state index contributed by atoms with van der Waals surface area (Å²) < 4.78 is 1.05. The maximum absolute atomic E-state index is 6.36. The predicted octanol–water partition coefficient (Wildman–Crippen LogP) is 5.19. The molecule has 0 spiro atoms. The minimum absolute atomic E-state index is 0.131. The summed E-state index contributed by atoms with van der Waals surface area (Å²) in [5.74, 6) is 0. The van der Waals surface area contributed by atoms with Crippen LogP contribution in [0, 0.1) is 0 Å². The third kappa shape index (κ3) is 3.82. The number of rotatable bonds is 5. The van der Waals surface area contributed by atoms with Crippen molar-refractivity contribution in [1.29, 1.82) is 0 Å². The molecule has 0 aliphatic rings. The van der Waals surface area contributed by atoms with Gasteiger partial charge in [0.2, 0.25) is 0 Å². The summed E-state index contributed by atoms with van der Waals surface area (Å²) >= 11 is 9.88. The fraction of sp³-hybridized carbons (Fsp3) is 0.250. The number of benzene rings is 2. The van der Waals surface area contributed by atoms with E-state index >= 15 is 0 Å². The highest BCUT2D eigenvalue weighted by atomic mass is 79.9. The van der Waals surface area contributed by atoms with Gasteiger partial charge in [0.15, 0.2) is 0 Å². The third-order valence-corrected chi connectivity index (χ3v) is 3.84. The fourth-order valence-corrected chi connectivity index (χ4v) is 2.68. The van der Waals surface area contributed by atoms with E-state index in [-0.39, 0.29) is 6.04 Å². The summed E-state index contributed by atoms with van der Waals surface area (Å²) in [5, 5.41) is 4.36. The highest BCUT2D eigenvalue weighted by Gasteiger charge is 2.16. The van der Waals surface area contributed by atoms with Gasteiger partial charge in [-0.1, -0.05) is 64.8 Å². The van der Waals surface area contributed by atoms with Crippen molar-refractivity contribution in [2.45, 2.75) is 19.4 Å². The molecule has 0 saturated heterocycles. The van der Waals surface area contributed by atoms with Crippen molar-refractivity contribution in [2.75, 3.05) is 6.54 Å². The number of hydrogen-bond donors (Lipinski definition) is 1. The Labute approximate surface area is 128 Å². The lowest BCUT2D eigenvalue weighted by molar-refractivity contribution is 0.598. The lowest BCUT2D eigenvalue weighted by atomic mass is 9.98. The minimum atomic E-state index is 0.131. The van der Waals surface area contributed by atoms with Gasteiger partial charge in [-0.05, 0) is 42.3 Å². The molecule has 0 fully saturated rings. The highest BCUT2D eigenvalue weighted by Crippen LogP contribution is 2.30. The van der Waals surface area contributed by atoms with E-state index in [1.54, 1.807) is 0 Å². The topological polar surface area (TPSA) is 12.0 Å². The van der Waals surface area contributed by atoms with Gasteiger partial charge in [-0.2, -0.15) is 0 Å². The second-order valence-electron chi connectivity index (χ2n) is 4.46. The first-order valence-corrected chi connectivity index (χ1v) is 7.62. The maximum atomic E-state index is 6.36. The SMILES string of the molecule is CCCNC(c1ccccc1)c1cc(Br)ccc1Cl.